The lowest BCUT2D eigenvalue weighted by atomic mass is 9.95. The predicted octanol–water partition coefficient (Wildman–Crippen LogP) is 13.3. The summed E-state index contributed by atoms with van der Waals surface area (Å²) >= 11 is 0. The van der Waals surface area contributed by atoms with E-state index in [1.807, 2.05) is 12.3 Å². The number of pyridine rings is 2. The highest BCUT2D eigenvalue weighted by Crippen LogP contribution is 2.43. The summed E-state index contributed by atoms with van der Waals surface area (Å²) in [5.74, 6) is 0.860. The first-order valence-corrected chi connectivity index (χ1v) is 19.0. The van der Waals surface area contributed by atoms with E-state index in [-0.39, 0.29) is 0 Å². The van der Waals surface area contributed by atoms with E-state index in [1.54, 1.807) is 6.20 Å². The highest BCUT2D eigenvalue weighted by Gasteiger charge is 2.21. The first-order chi connectivity index (χ1) is 27.8. The maximum atomic E-state index is 5.29. The highest BCUT2D eigenvalue weighted by molar-refractivity contribution is 6.16. The second kappa shape index (κ2) is 13.1. The molecule has 0 saturated heterocycles. The lowest BCUT2D eigenvalue weighted by Gasteiger charge is -2.14. The van der Waals surface area contributed by atoms with Crippen molar-refractivity contribution >= 4 is 43.6 Å². The predicted molar refractivity (Wildman–Crippen MR) is 232 cm³/mol. The van der Waals surface area contributed by atoms with Gasteiger partial charge in [0.2, 0.25) is 0 Å². The first-order valence-electron chi connectivity index (χ1n) is 19.0. The Morgan fingerprint density at radius 1 is 0.357 bits per heavy atom. The van der Waals surface area contributed by atoms with Gasteiger partial charge in [0.15, 0.2) is 0 Å². The number of benzene rings is 7. The minimum atomic E-state index is 0.860. The topological polar surface area (TPSA) is 35.6 Å². The highest BCUT2D eigenvalue weighted by atomic mass is 15.1. The van der Waals surface area contributed by atoms with Crippen LogP contribution in [0.25, 0.3) is 99.8 Å². The number of hydrogen-bond donors (Lipinski definition) is 0. The molecule has 11 rings (SSSR count). The van der Waals surface area contributed by atoms with Gasteiger partial charge in [0.05, 0.1) is 27.8 Å². The van der Waals surface area contributed by atoms with E-state index in [4.69, 9.17) is 4.98 Å². The van der Waals surface area contributed by atoms with Crippen LogP contribution >= 0.6 is 0 Å². The van der Waals surface area contributed by atoms with Gasteiger partial charge in [-0.15, -0.1) is 0 Å². The van der Waals surface area contributed by atoms with Crippen molar-refractivity contribution in [3.63, 3.8) is 0 Å². The maximum absolute atomic E-state index is 5.29. The second-order valence-electron chi connectivity index (χ2n) is 14.3. The van der Waals surface area contributed by atoms with Crippen molar-refractivity contribution in [3.8, 4) is 56.1 Å². The quantitative estimate of drug-likeness (QED) is 0.172. The summed E-state index contributed by atoms with van der Waals surface area (Å²) in [6, 6.07) is 69.6. The van der Waals surface area contributed by atoms with Crippen LogP contribution in [0.5, 0.6) is 0 Å². The third kappa shape index (κ3) is 5.23. The zero-order valence-corrected chi connectivity index (χ0v) is 30.4. The SMILES string of the molecule is c1ccc(-c2cc(-c3ccccc3)c3c(c2)c2cc(-c4ccc5c(c4)c4ccccc4n5-c4ccccc4)ccc2n3-c2cccc(-c3cccnc3)n2)cc1. The summed E-state index contributed by atoms with van der Waals surface area (Å²) < 4.78 is 4.72. The Kier molecular flexibility index (Phi) is 7.46. The minimum absolute atomic E-state index is 0.860. The molecule has 0 spiro atoms. The van der Waals surface area contributed by atoms with Gasteiger partial charge in [-0.05, 0) is 107 Å². The van der Waals surface area contributed by atoms with Crippen LogP contribution in [0.2, 0.25) is 0 Å². The molecule has 56 heavy (non-hydrogen) atoms. The van der Waals surface area contributed by atoms with Gasteiger partial charge in [0, 0.05) is 50.8 Å². The molecule has 0 aliphatic rings. The summed E-state index contributed by atoms with van der Waals surface area (Å²) in [6.45, 7) is 0. The second-order valence-corrected chi connectivity index (χ2v) is 14.3. The Hall–Kier alpha value is -7.56. The molecule has 4 heterocycles. The van der Waals surface area contributed by atoms with E-state index in [1.165, 1.54) is 54.8 Å². The van der Waals surface area contributed by atoms with E-state index < -0.39 is 0 Å². The Bertz CT molecular complexity index is 3220. The van der Waals surface area contributed by atoms with Crippen LogP contribution in [0, 0.1) is 0 Å². The van der Waals surface area contributed by atoms with Crippen molar-refractivity contribution in [1.82, 2.24) is 19.1 Å². The molecule has 0 aliphatic heterocycles. The average molecular weight is 715 g/mol. The number of rotatable bonds is 6. The van der Waals surface area contributed by atoms with Crippen molar-refractivity contribution in [2.24, 2.45) is 0 Å². The van der Waals surface area contributed by atoms with Crippen LogP contribution in [0.4, 0.5) is 0 Å². The third-order valence-electron chi connectivity index (χ3n) is 11.0. The molecule has 4 nitrogen and oxygen atoms in total. The van der Waals surface area contributed by atoms with Crippen LogP contribution < -0.4 is 0 Å². The van der Waals surface area contributed by atoms with Gasteiger partial charge < -0.3 is 4.57 Å². The number of fused-ring (bicyclic) bond motifs is 6. The zero-order valence-electron chi connectivity index (χ0n) is 30.4. The van der Waals surface area contributed by atoms with Crippen LogP contribution in [0.15, 0.2) is 207 Å². The lowest BCUT2D eigenvalue weighted by Crippen LogP contribution is -2.00. The largest absolute Gasteiger partial charge is 0.309 e. The normalized spacial score (nSPS) is 11.6. The van der Waals surface area contributed by atoms with Crippen molar-refractivity contribution in [3.05, 3.63) is 207 Å². The molecule has 4 heteroatoms. The minimum Gasteiger partial charge on any atom is -0.309 e. The van der Waals surface area contributed by atoms with Crippen LogP contribution in [-0.2, 0) is 0 Å². The lowest BCUT2D eigenvalue weighted by molar-refractivity contribution is 1.08. The first kappa shape index (κ1) is 31.9. The molecule has 0 bridgehead atoms. The molecule has 262 valence electrons. The van der Waals surface area contributed by atoms with E-state index in [0.29, 0.717) is 0 Å². The third-order valence-corrected chi connectivity index (χ3v) is 11.0. The average Bonchev–Trinajstić information content (AvgIpc) is 3.79. The number of para-hydroxylation sites is 2. The molecule has 0 radical (unpaired) electrons. The van der Waals surface area contributed by atoms with Gasteiger partial charge in [-0.1, -0.05) is 115 Å². The molecule has 0 atom stereocenters. The van der Waals surface area contributed by atoms with E-state index in [0.717, 1.165) is 44.9 Å². The van der Waals surface area contributed by atoms with Gasteiger partial charge in [-0.2, -0.15) is 0 Å². The van der Waals surface area contributed by atoms with E-state index >= 15 is 0 Å². The summed E-state index contributed by atoms with van der Waals surface area (Å²) in [6.07, 6.45) is 3.67. The van der Waals surface area contributed by atoms with Gasteiger partial charge in [-0.3, -0.25) is 9.55 Å². The fraction of sp³-hybridized carbons (Fsp3) is 0. The fourth-order valence-electron chi connectivity index (χ4n) is 8.43. The fourth-order valence-corrected chi connectivity index (χ4v) is 8.43. The van der Waals surface area contributed by atoms with Gasteiger partial charge in [-0.25, -0.2) is 4.98 Å². The van der Waals surface area contributed by atoms with Crippen LogP contribution in [-0.4, -0.2) is 19.1 Å². The van der Waals surface area contributed by atoms with Gasteiger partial charge in [0.1, 0.15) is 5.82 Å². The molecule has 0 amide bonds. The van der Waals surface area contributed by atoms with Crippen LogP contribution in [0.1, 0.15) is 0 Å². The number of aromatic nitrogens is 4. The monoisotopic (exact) mass is 714 g/mol. The maximum Gasteiger partial charge on any atom is 0.138 e. The molecule has 0 unspecified atom stereocenters. The number of nitrogens with zero attached hydrogens (tertiary/aromatic N) is 4. The Morgan fingerprint density at radius 2 is 0.964 bits per heavy atom. The molecular formula is C52H34N4. The molecule has 0 N–H and O–H groups in total. The van der Waals surface area contributed by atoms with Gasteiger partial charge in [0.25, 0.3) is 0 Å². The van der Waals surface area contributed by atoms with E-state index in [9.17, 15) is 0 Å². The van der Waals surface area contributed by atoms with Crippen molar-refractivity contribution < 1.29 is 0 Å². The van der Waals surface area contributed by atoms with Crippen molar-refractivity contribution in [2.75, 3.05) is 0 Å². The Balaban J connectivity index is 1.19. The van der Waals surface area contributed by atoms with Crippen LogP contribution in [0.3, 0.4) is 0 Å². The molecule has 4 aromatic heterocycles. The standard InChI is InChI=1S/C52H34N4/c1-4-14-35(15-5-1)40-32-43(36-16-6-2-7-17-36)52-46(33-40)45-31-38(26-28-50(45)56(52)51-24-12-22-47(54-51)39-18-13-29-53-34-39)37-25-27-49-44(30-37)42-21-10-11-23-48(42)55(49)41-19-8-3-9-20-41/h1-34H. The van der Waals surface area contributed by atoms with Crippen molar-refractivity contribution in [2.45, 2.75) is 0 Å². The Labute approximate surface area is 324 Å². The molecule has 11 aromatic rings. The molecule has 7 aromatic carbocycles. The smallest absolute Gasteiger partial charge is 0.138 e. The summed E-state index contributed by atoms with van der Waals surface area (Å²) in [5.41, 5.74) is 14.7. The summed E-state index contributed by atoms with van der Waals surface area (Å²) in [7, 11) is 0. The van der Waals surface area contributed by atoms with Gasteiger partial charge >= 0.3 is 0 Å². The summed E-state index contributed by atoms with van der Waals surface area (Å²) in [4.78, 5) is 9.68. The Morgan fingerprint density at radius 3 is 1.70 bits per heavy atom. The molecule has 0 fully saturated rings. The molecule has 0 saturated carbocycles. The molecule has 0 aliphatic carbocycles. The van der Waals surface area contributed by atoms with E-state index in [2.05, 4.69) is 202 Å². The zero-order chi connectivity index (χ0) is 37.0. The number of hydrogen-bond acceptors (Lipinski definition) is 2. The molecular weight excluding hydrogens is 681 g/mol. The van der Waals surface area contributed by atoms with Crippen molar-refractivity contribution in [1.29, 1.82) is 0 Å². The summed E-state index contributed by atoms with van der Waals surface area (Å²) in [5, 5.41) is 4.83.